The van der Waals surface area contributed by atoms with Crippen molar-refractivity contribution in [3.63, 3.8) is 0 Å². The Morgan fingerprint density at radius 2 is 2.15 bits per heavy atom. The van der Waals surface area contributed by atoms with Crippen molar-refractivity contribution in [2.24, 2.45) is 5.73 Å². The lowest BCUT2D eigenvalue weighted by Gasteiger charge is -2.34. The highest BCUT2D eigenvalue weighted by molar-refractivity contribution is 4.91. The first-order chi connectivity index (χ1) is 6.10. The molecule has 0 radical (unpaired) electrons. The largest absolute Gasteiger partial charge is 0.374 e. The van der Waals surface area contributed by atoms with E-state index in [1.165, 1.54) is 0 Å². The molecule has 0 saturated heterocycles. The molecular formula is C11H21NO. The van der Waals surface area contributed by atoms with Crippen LogP contribution in [0.3, 0.4) is 0 Å². The molecule has 0 spiro atoms. The van der Waals surface area contributed by atoms with Gasteiger partial charge in [0.15, 0.2) is 0 Å². The fourth-order valence-corrected chi connectivity index (χ4v) is 1.35. The molecule has 2 nitrogen and oxygen atoms in total. The fourth-order valence-electron chi connectivity index (χ4n) is 1.35. The standard InChI is InChI=1S/C11H21NO/c1-5-8-9-10(12)11(4,6-2)13-7-3/h1,10H,6-9,12H2,2-4H3. The van der Waals surface area contributed by atoms with Crippen LogP contribution >= 0.6 is 0 Å². The summed E-state index contributed by atoms with van der Waals surface area (Å²) in [4.78, 5) is 0. The van der Waals surface area contributed by atoms with Crippen LogP contribution in [0.15, 0.2) is 0 Å². The Morgan fingerprint density at radius 3 is 2.54 bits per heavy atom. The lowest BCUT2D eigenvalue weighted by molar-refractivity contribution is -0.0476. The summed E-state index contributed by atoms with van der Waals surface area (Å²) in [7, 11) is 0. The Bertz CT molecular complexity index is 173. The molecule has 2 heteroatoms. The molecule has 0 aliphatic rings. The molecule has 2 atom stereocenters. The van der Waals surface area contributed by atoms with E-state index in [1.54, 1.807) is 0 Å². The predicted octanol–water partition coefficient (Wildman–Crippen LogP) is 1.93. The molecule has 0 rings (SSSR count). The topological polar surface area (TPSA) is 35.2 Å². The molecule has 0 heterocycles. The van der Waals surface area contributed by atoms with Gasteiger partial charge in [-0.1, -0.05) is 6.92 Å². The Hall–Kier alpha value is -0.520. The smallest absolute Gasteiger partial charge is 0.0802 e. The van der Waals surface area contributed by atoms with Crippen LogP contribution in [0, 0.1) is 12.3 Å². The Kier molecular flexibility index (Phi) is 5.77. The number of nitrogens with two attached hydrogens (primary N) is 1. The number of terminal acetylenes is 1. The molecule has 0 aliphatic carbocycles. The Labute approximate surface area is 81.8 Å². The van der Waals surface area contributed by atoms with Crippen molar-refractivity contribution in [3.05, 3.63) is 0 Å². The van der Waals surface area contributed by atoms with E-state index in [0.29, 0.717) is 6.61 Å². The summed E-state index contributed by atoms with van der Waals surface area (Å²) in [6.07, 6.45) is 7.67. The summed E-state index contributed by atoms with van der Waals surface area (Å²) in [5.41, 5.74) is 5.80. The summed E-state index contributed by atoms with van der Waals surface area (Å²) in [5, 5.41) is 0. The minimum atomic E-state index is -0.217. The second-order valence-electron chi connectivity index (χ2n) is 3.45. The molecule has 0 amide bonds. The van der Waals surface area contributed by atoms with Gasteiger partial charge in [-0.25, -0.2) is 0 Å². The van der Waals surface area contributed by atoms with Crippen LogP contribution in [0.5, 0.6) is 0 Å². The minimum absolute atomic E-state index is 0.0356. The molecular weight excluding hydrogens is 162 g/mol. The van der Waals surface area contributed by atoms with Gasteiger partial charge >= 0.3 is 0 Å². The summed E-state index contributed by atoms with van der Waals surface area (Å²) in [6, 6.07) is 0.0356. The third-order valence-electron chi connectivity index (χ3n) is 2.56. The molecule has 0 aromatic heterocycles. The number of ether oxygens (including phenoxy) is 1. The number of rotatable bonds is 6. The molecule has 0 aliphatic heterocycles. The summed E-state index contributed by atoms with van der Waals surface area (Å²) >= 11 is 0. The van der Waals surface area contributed by atoms with E-state index in [4.69, 9.17) is 16.9 Å². The van der Waals surface area contributed by atoms with E-state index in [9.17, 15) is 0 Å². The lowest BCUT2D eigenvalue weighted by atomic mass is 9.90. The van der Waals surface area contributed by atoms with Crippen LogP contribution in [0.4, 0.5) is 0 Å². The lowest BCUT2D eigenvalue weighted by Crippen LogP contribution is -2.47. The van der Waals surface area contributed by atoms with Crippen LogP contribution in [0.2, 0.25) is 0 Å². The average Bonchev–Trinajstić information content (AvgIpc) is 2.14. The highest BCUT2D eigenvalue weighted by atomic mass is 16.5. The van der Waals surface area contributed by atoms with Crippen LogP contribution in [-0.4, -0.2) is 18.2 Å². The number of hydrogen-bond acceptors (Lipinski definition) is 2. The summed E-state index contributed by atoms with van der Waals surface area (Å²) in [5.74, 6) is 2.60. The molecule has 76 valence electrons. The van der Waals surface area contributed by atoms with Gasteiger partial charge in [0.2, 0.25) is 0 Å². The van der Waals surface area contributed by atoms with Gasteiger partial charge in [0.05, 0.1) is 5.60 Å². The van der Waals surface area contributed by atoms with Gasteiger partial charge in [-0.15, -0.1) is 12.3 Å². The molecule has 2 N–H and O–H groups in total. The zero-order valence-electron chi connectivity index (χ0n) is 8.97. The minimum Gasteiger partial charge on any atom is -0.374 e. The monoisotopic (exact) mass is 183 g/mol. The fraction of sp³-hybridized carbons (Fsp3) is 0.818. The van der Waals surface area contributed by atoms with Gasteiger partial charge in [0.1, 0.15) is 0 Å². The van der Waals surface area contributed by atoms with Crippen molar-refractivity contribution in [2.45, 2.75) is 51.7 Å². The van der Waals surface area contributed by atoms with E-state index < -0.39 is 0 Å². The van der Waals surface area contributed by atoms with Gasteiger partial charge < -0.3 is 10.5 Å². The van der Waals surface area contributed by atoms with E-state index in [2.05, 4.69) is 19.8 Å². The van der Waals surface area contributed by atoms with Crippen molar-refractivity contribution in [2.75, 3.05) is 6.61 Å². The first kappa shape index (κ1) is 12.5. The van der Waals surface area contributed by atoms with Crippen LogP contribution in [-0.2, 0) is 4.74 Å². The highest BCUT2D eigenvalue weighted by Gasteiger charge is 2.29. The van der Waals surface area contributed by atoms with Crippen LogP contribution in [0.25, 0.3) is 0 Å². The van der Waals surface area contributed by atoms with E-state index in [0.717, 1.165) is 19.3 Å². The summed E-state index contributed by atoms with van der Waals surface area (Å²) < 4.78 is 5.64. The zero-order valence-corrected chi connectivity index (χ0v) is 8.97. The van der Waals surface area contributed by atoms with Gasteiger partial charge in [-0.2, -0.15) is 0 Å². The Morgan fingerprint density at radius 1 is 1.54 bits per heavy atom. The van der Waals surface area contributed by atoms with Gasteiger partial charge in [0.25, 0.3) is 0 Å². The second kappa shape index (κ2) is 6.01. The van der Waals surface area contributed by atoms with Crippen molar-refractivity contribution >= 4 is 0 Å². The Balaban J connectivity index is 4.12. The maximum atomic E-state index is 6.01. The zero-order chi connectivity index (χ0) is 10.3. The predicted molar refractivity (Wildman–Crippen MR) is 56.4 cm³/mol. The molecule has 13 heavy (non-hydrogen) atoms. The normalized spacial score (nSPS) is 17.5. The van der Waals surface area contributed by atoms with Crippen molar-refractivity contribution in [1.82, 2.24) is 0 Å². The molecule has 0 saturated carbocycles. The van der Waals surface area contributed by atoms with Gasteiger partial charge in [0, 0.05) is 19.1 Å². The van der Waals surface area contributed by atoms with Gasteiger partial charge in [-0.3, -0.25) is 0 Å². The number of hydrogen-bond donors (Lipinski definition) is 1. The first-order valence-corrected chi connectivity index (χ1v) is 4.93. The van der Waals surface area contributed by atoms with Crippen LogP contribution < -0.4 is 5.73 Å². The van der Waals surface area contributed by atoms with Crippen molar-refractivity contribution < 1.29 is 4.74 Å². The quantitative estimate of drug-likeness (QED) is 0.639. The third kappa shape index (κ3) is 3.80. The molecule has 0 bridgehead atoms. The first-order valence-electron chi connectivity index (χ1n) is 4.93. The highest BCUT2D eigenvalue weighted by Crippen LogP contribution is 2.21. The molecule has 2 unspecified atom stereocenters. The van der Waals surface area contributed by atoms with E-state index in [-0.39, 0.29) is 11.6 Å². The average molecular weight is 183 g/mol. The maximum Gasteiger partial charge on any atom is 0.0802 e. The van der Waals surface area contributed by atoms with Crippen molar-refractivity contribution in [3.8, 4) is 12.3 Å². The third-order valence-corrected chi connectivity index (χ3v) is 2.56. The SMILES string of the molecule is C#CCCC(N)C(C)(CC)OCC. The summed E-state index contributed by atoms with van der Waals surface area (Å²) in [6.45, 7) is 6.83. The van der Waals surface area contributed by atoms with E-state index in [1.807, 2.05) is 6.92 Å². The maximum absolute atomic E-state index is 6.01. The molecule has 0 aromatic carbocycles. The second-order valence-corrected chi connectivity index (χ2v) is 3.45. The molecule has 0 aromatic rings. The van der Waals surface area contributed by atoms with Crippen LogP contribution in [0.1, 0.15) is 40.0 Å². The van der Waals surface area contributed by atoms with Gasteiger partial charge in [-0.05, 0) is 26.7 Å². The van der Waals surface area contributed by atoms with E-state index >= 15 is 0 Å². The molecule has 0 fully saturated rings. The van der Waals surface area contributed by atoms with Crippen molar-refractivity contribution in [1.29, 1.82) is 0 Å².